The number of ketones is 1. The Balaban J connectivity index is 1.44. The van der Waals surface area contributed by atoms with Crippen molar-refractivity contribution in [3.05, 3.63) is 83.4 Å². The van der Waals surface area contributed by atoms with Crippen LogP contribution in [-0.2, 0) is 11.8 Å². The molecule has 2 aliphatic rings. The molecule has 2 aromatic carbocycles. The van der Waals surface area contributed by atoms with Gasteiger partial charge >= 0.3 is 0 Å². The molecule has 0 atom stereocenters. The van der Waals surface area contributed by atoms with Crippen LogP contribution in [0.5, 0.6) is 11.5 Å². The number of phenols is 1. The summed E-state index contributed by atoms with van der Waals surface area (Å²) < 4.78 is 13.4. The van der Waals surface area contributed by atoms with E-state index in [1.165, 1.54) is 6.07 Å². The normalized spacial score (nSPS) is 16.3. The Kier molecular flexibility index (Phi) is 4.69. The zero-order valence-corrected chi connectivity index (χ0v) is 18.5. The first-order chi connectivity index (χ1) is 16.6. The fraction of sp³-hybridized carbons (Fsp3) is 0.148. The molecule has 0 aliphatic carbocycles. The lowest BCUT2D eigenvalue weighted by atomic mass is 9.99. The second kappa shape index (κ2) is 7.88. The zero-order chi connectivity index (χ0) is 23.2. The summed E-state index contributed by atoms with van der Waals surface area (Å²) in [7, 11) is 1.92. The number of carbonyl (C=O) groups excluding carboxylic acids is 1. The Labute approximate surface area is 195 Å². The van der Waals surface area contributed by atoms with Gasteiger partial charge < -0.3 is 19.1 Å². The van der Waals surface area contributed by atoms with Crippen molar-refractivity contribution in [1.82, 2.24) is 9.55 Å². The van der Waals surface area contributed by atoms with E-state index in [2.05, 4.69) is 9.98 Å². The number of phenolic OH excluding ortho intramolecular Hbond substituents is 1. The molecule has 6 rings (SSSR count). The minimum atomic E-state index is -0.340. The van der Waals surface area contributed by atoms with E-state index >= 15 is 0 Å². The number of carbonyl (C=O) groups is 1. The van der Waals surface area contributed by atoms with Crippen LogP contribution in [0.4, 0.5) is 0 Å². The van der Waals surface area contributed by atoms with Gasteiger partial charge in [-0.2, -0.15) is 0 Å². The van der Waals surface area contributed by atoms with Gasteiger partial charge in [0, 0.05) is 48.9 Å². The number of ether oxygens (including phenoxy) is 2. The molecule has 0 amide bonds. The topological polar surface area (TPSA) is 85.9 Å². The number of aromatic hydroxyl groups is 1. The molecule has 0 saturated carbocycles. The van der Waals surface area contributed by atoms with Gasteiger partial charge in [-0.1, -0.05) is 18.2 Å². The second-order valence-electron chi connectivity index (χ2n) is 8.31. The Morgan fingerprint density at radius 1 is 1.09 bits per heavy atom. The number of rotatable bonds is 3. The average Bonchev–Trinajstić information content (AvgIpc) is 3.37. The summed E-state index contributed by atoms with van der Waals surface area (Å²) in [6.45, 7) is 1.47. The molecule has 0 radical (unpaired) electrons. The molecule has 34 heavy (non-hydrogen) atoms. The number of hydrogen-bond donors (Lipinski definition) is 1. The van der Waals surface area contributed by atoms with E-state index in [0.29, 0.717) is 18.3 Å². The van der Waals surface area contributed by atoms with Gasteiger partial charge in [-0.25, -0.2) is 4.98 Å². The Hall–Kier alpha value is -4.39. The van der Waals surface area contributed by atoms with Crippen LogP contribution in [0.25, 0.3) is 28.2 Å². The van der Waals surface area contributed by atoms with E-state index in [9.17, 15) is 9.90 Å². The van der Waals surface area contributed by atoms with Crippen molar-refractivity contribution in [2.45, 2.75) is 6.42 Å². The van der Waals surface area contributed by atoms with Crippen LogP contribution in [0, 0.1) is 0 Å². The molecule has 0 unspecified atom stereocenters. The summed E-state index contributed by atoms with van der Waals surface area (Å²) in [4.78, 5) is 21.9. The Morgan fingerprint density at radius 2 is 1.91 bits per heavy atom. The van der Waals surface area contributed by atoms with Gasteiger partial charge in [0.15, 0.2) is 5.76 Å². The van der Waals surface area contributed by atoms with Crippen LogP contribution in [-0.4, -0.2) is 39.5 Å². The van der Waals surface area contributed by atoms with Crippen molar-refractivity contribution in [2.24, 2.45) is 12.0 Å². The standard InChI is InChI=1S/C27H21N3O4/c1-30-15-18(14-22-25(32)24-20(31)4-2-5-21(24)34-22)23-19(10-12-28-26(23)30)16-6-8-17(9-7-16)27-29-11-3-13-33-27/h2,4-10,12,14-15,31H,3,11,13H2,1H3/b22-14-. The van der Waals surface area contributed by atoms with Crippen molar-refractivity contribution < 1.29 is 19.4 Å². The number of Topliss-reactive ketones (excluding diaryl/α,β-unsaturated/α-hetero) is 1. The highest BCUT2D eigenvalue weighted by Gasteiger charge is 2.30. The lowest BCUT2D eigenvalue weighted by molar-refractivity contribution is 0.101. The number of aryl methyl sites for hydroxylation is 1. The molecule has 4 aromatic rings. The van der Waals surface area contributed by atoms with Crippen molar-refractivity contribution in [1.29, 1.82) is 0 Å². The molecule has 0 spiro atoms. The molecular weight excluding hydrogens is 430 g/mol. The molecule has 0 saturated heterocycles. The molecule has 2 aliphatic heterocycles. The summed E-state index contributed by atoms with van der Waals surface area (Å²) in [5.74, 6) is 0.786. The maximum atomic E-state index is 12.9. The maximum absolute atomic E-state index is 12.9. The fourth-order valence-corrected chi connectivity index (χ4v) is 4.47. The van der Waals surface area contributed by atoms with Crippen molar-refractivity contribution in [3.8, 4) is 22.6 Å². The third-order valence-electron chi connectivity index (χ3n) is 6.09. The van der Waals surface area contributed by atoms with Crippen LogP contribution in [0.15, 0.2) is 71.7 Å². The van der Waals surface area contributed by atoms with Crippen LogP contribution >= 0.6 is 0 Å². The van der Waals surface area contributed by atoms with Crippen molar-refractivity contribution in [3.63, 3.8) is 0 Å². The number of nitrogens with zero attached hydrogens (tertiary/aromatic N) is 3. The van der Waals surface area contributed by atoms with Crippen LogP contribution < -0.4 is 4.74 Å². The van der Waals surface area contributed by atoms with Gasteiger partial charge in [-0.15, -0.1) is 0 Å². The summed E-state index contributed by atoms with van der Waals surface area (Å²) in [6, 6.07) is 14.9. The molecule has 0 fully saturated rings. The molecule has 7 nitrogen and oxygen atoms in total. The molecule has 1 N–H and O–H groups in total. The first-order valence-corrected chi connectivity index (χ1v) is 11.1. The number of aromatic nitrogens is 2. The first-order valence-electron chi connectivity index (χ1n) is 11.1. The highest BCUT2D eigenvalue weighted by Crippen LogP contribution is 2.39. The van der Waals surface area contributed by atoms with Gasteiger partial charge in [0.25, 0.3) is 0 Å². The number of benzene rings is 2. The molecule has 7 heteroatoms. The Bertz CT molecular complexity index is 1510. The van der Waals surface area contributed by atoms with Gasteiger partial charge in [-0.05, 0) is 47.5 Å². The van der Waals surface area contributed by atoms with E-state index in [-0.39, 0.29) is 22.9 Å². The molecule has 168 valence electrons. The Morgan fingerprint density at radius 3 is 2.68 bits per heavy atom. The zero-order valence-electron chi connectivity index (χ0n) is 18.5. The third-order valence-corrected chi connectivity index (χ3v) is 6.09. The molecule has 0 bridgehead atoms. The molecule has 4 heterocycles. The van der Waals surface area contributed by atoms with Crippen LogP contribution in [0.1, 0.15) is 27.9 Å². The number of hydrogen-bond acceptors (Lipinski definition) is 6. The van der Waals surface area contributed by atoms with Crippen LogP contribution in [0.2, 0.25) is 0 Å². The summed E-state index contributed by atoms with van der Waals surface area (Å²) in [6.07, 6.45) is 6.36. The molecule has 2 aromatic heterocycles. The van der Waals surface area contributed by atoms with E-state index in [4.69, 9.17) is 9.47 Å². The van der Waals surface area contributed by atoms with Gasteiger partial charge in [-0.3, -0.25) is 9.79 Å². The number of aliphatic imine (C=N–C) groups is 1. The third kappa shape index (κ3) is 3.25. The summed E-state index contributed by atoms with van der Waals surface area (Å²) in [5, 5.41) is 11.0. The predicted octanol–water partition coefficient (Wildman–Crippen LogP) is 4.73. The second-order valence-corrected chi connectivity index (χ2v) is 8.31. The quantitative estimate of drug-likeness (QED) is 0.455. The minimum Gasteiger partial charge on any atom is -0.507 e. The number of fused-ring (bicyclic) bond motifs is 2. The SMILES string of the molecule is Cn1cc(/C=C2\Oc3cccc(O)c3C2=O)c2c(-c3ccc(C4=NCCCO4)cc3)ccnc21. The lowest BCUT2D eigenvalue weighted by Crippen LogP contribution is -2.14. The largest absolute Gasteiger partial charge is 0.507 e. The lowest BCUT2D eigenvalue weighted by Gasteiger charge is -2.14. The first kappa shape index (κ1) is 20.2. The van der Waals surface area contributed by atoms with Gasteiger partial charge in [0.05, 0.1) is 6.61 Å². The predicted molar refractivity (Wildman–Crippen MR) is 129 cm³/mol. The highest BCUT2D eigenvalue weighted by molar-refractivity contribution is 6.17. The van der Waals surface area contributed by atoms with E-state index in [1.54, 1.807) is 24.4 Å². The highest BCUT2D eigenvalue weighted by atomic mass is 16.5. The fourth-order valence-electron chi connectivity index (χ4n) is 4.47. The van der Waals surface area contributed by atoms with Gasteiger partial charge in [0.1, 0.15) is 22.7 Å². The number of pyridine rings is 1. The van der Waals surface area contributed by atoms with E-state index < -0.39 is 0 Å². The van der Waals surface area contributed by atoms with Crippen molar-refractivity contribution >= 4 is 28.8 Å². The van der Waals surface area contributed by atoms with E-state index in [1.807, 2.05) is 48.1 Å². The monoisotopic (exact) mass is 451 g/mol. The van der Waals surface area contributed by atoms with Crippen LogP contribution in [0.3, 0.4) is 0 Å². The average molecular weight is 451 g/mol. The maximum Gasteiger partial charge on any atom is 0.235 e. The smallest absolute Gasteiger partial charge is 0.235 e. The molecular formula is C27H21N3O4. The van der Waals surface area contributed by atoms with Gasteiger partial charge in [0.2, 0.25) is 11.7 Å². The summed E-state index contributed by atoms with van der Waals surface area (Å²) in [5.41, 5.74) is 4.74. The number of allylic oxidation sites excluding steroid dienone is 1. The summed E-state index contributed by atoms with van der Waals surface area (Å²) >= 11 is 0. The van der Waals surface area contributed by atoms with E-state index in [0.717, 1.165) is 46.3 Å². The minimum absolute atomic E-state index is 0.0854. The van der Waals surface area contributed by atoms with Crippen molar-refractivity contribution in [2.75, 3.05) is 13.2 Å².